The smallest absolute Gasteiger partial charge is 0.326 e. The van der Waals surface area contributed by atoms with Crippen molar-refractivity contribution < 1.29 is 29.4 Å². The maximum atomic E-state index is 12.8. The molecule has 0 saturated heterocycles. The fraction of sp³-hybridized carbons (Fsp3) is 0.810. The number of carbonyl (C=O) groups excluding carboxylic acids is 3. The Morgan fingerprint density at radius 1 is 0.844 bits per heavy atom. The van der Waals surface area contributed by atoms with Crippen LogP contribution in [0.3, 0.4) is 0 Å². The fourth-order valence-electron chi connectivity index (χ4n) is 3.01. The predicted molar refractivity (Wildman–Crippen MR) is 120 cm³/mol. The van der Waals surface area contributed by atoms with E-state index in [4.69, 9.17) is 11.5 Å². The summed E-state index contributed by atoms with van der Waals surface area (Å²) in [4.78, 5) is 49.4. The molecular formula is C21H41N5O6. The number of aliphatic hydroxyl groups excluding tert-OH is 1. The van der Waals surface area contributed by atoms with Crippen molar-refractivity contribution in [3.8, 4) is 0 Å². The Bertz CT molecular complexity index is 628. The molecule has 0 aliphatic carbocycles. The van der Waals surface area contributed by atoms with E-state index in [1.807, 2.05) is 0 Å². The molecule has 6 unspecified atom stereocenters. The number of amides is 3. The quantitative estimate of drug-likeness (QED) is 0.152. The van der Waals surface area contributed by atoms with E-state index in [1.54, 1.807) is 27.7 Å². The van der Waals surface area contributed by atoms with E-state index >= 15 is 0 Å². The van der Waals surface area contributed by atoms with Gasteiger partial charge in [0.05, 0.1) is 12.1 Å². The fourth-order valence-corrected chi connectivity index (χ4v) is 3.01. The van der Waals surface area contributed by atoms with Gasteiger partial charge in [-0.05, 0) is 38.1 Å². The molecule has 3 amide bonds. The lowest BCUT2D eigenvalue weighted by Gasteiger charge is -2.29. The van der Waals surface area contributed by atoms with Gasteiger partial charge in [-0.2, -0.15) is 0 Å². The standard InChI is InChI=1S/C21H41N5O6/c1-6-12(4)16(21(31)32)25-20(30)17(13(5)27)26-19(29)15(11(2)3)24-18(28)14(23)9-7-8-10-22/h11-17,27H,6-10,22-23H2,1-5H3,(H,24,28)(H,25,30)(H,26,29)(H,31,32). The number of hydrogen-bond acceptors (Lipinski definition) is 7. The van der Waals surface area contributed by atoms with Gasteiger partial charge in [-0.15, -0.1) is 0 Å². The number of hydrogen-bond donors (Lipinski definition) is 7. The van der Waals surface area contributed by atoms with Gasteiger partial charge in [0.2, 0.25) is 17.7 Å². The average Bonchev–Trinajstić information content (AvgIpc) is 2.72. The van der Waals surface area contributed by atoms with Crippen LogP contribution in [0.25, 0.3) is 0 Å². The zero-order valence-corrected chi connectivity index (χ0v) is 19.8. The van der Waals surface area contributed by atoms with Gasteiger partial charge in [-0.25, -0.2) is 4.79 Å². The molecule has 0 aromatic carbocycles. The third-order valence-corrected chi connectivity index (χ3v) is 5.39. The number of aliphatic hydroxyl groups is 1. The minimum Gasteiger partial charge on any atom is -0.480 e. The summed E-state index contributed by atoms with van der Waals surface area (Å²) >= 11 is 0. The first-order chi connectivity index (χ1) is 14.9. The van der Waals surface area contributed by atoms with Crippen LogP contribution < -0.4 is 27.4 Å². The van der Waals surface area contributed by atoms with Crippen LogP contribution in [0, 0.1) is 11.8 Å². The topological polar surface area (TPSA) is 197 Å². The molecule has 6 atom stereocenters. The van der Waals surface area contributed by atoms with Crippen LogP contribution in [-0.4, -0.2) is 70.7 Å². The first kappa shape index (κ1) is 29.8. The van der Waals surface area contributed by atoms with Gasteiger partial charge in [0.25, 0.3) is 0 Å². The second-order valence-electron chi connectivity index (χ2n) is 8.56. The van der Waals surface area contributed by atoms with Gasteiger partial charge in [0.15, 0.2) is 0 Å². The first-order valence-electron chi connectivity index (χ1n) is 11.1. The van der Waals surface area contributed by atoms with E-state index in [9.17, 15) is 29.4 Å². The maximum absolute atomic E-state index is 12.8. The normalized spacial score (nSPS) is 16.9. The minimum atomic E-state index is -1.40. The molecule has 0 spiro atoms. The average molecular weight is 460 g/mol. The molecular weight excluding hydrogens is 418 g/mol. The Morgan fingerprint density at radius 2 is 1.34 bits per heavy atom. The molecule has 0 heterocycles. The van der Waals surface area contributed by atoms with Gasteiger partial charge < -0.3 is 37.6 Å². The Balaban J connectivity index is 5.30. The van der Waals surface area contributed by atoms with Crippen molar-refractivity contribution in [1.29, 1.82) is 0 Å². The van der Waals surface area contributed by atoms with Crippen LogP contribution in [0.15, 0.2) is 0 Å². The lowest BCUT2D eigenvalue weighted by molar-refractivity contribution is -0.144. The predicted octanol–water partition coefficient (Wildman–Crippen LogP) is -0.935. The molecule has 9 N–H and O–H groups in total. The molecule has 0 aliphatic heterocycles. The molecule has 0 rings (SSSR count). The second kappa shape index (κ2) is 14.8. The number of rotatable bonds is 15. The summed E-state index contributed by atoms with van der Waals surface area (Å²) in [6, 6.07) is -4.37. The lowest BCUT2D eigenvalue weighted by Crippen LogP contribution is -2.61. The number of nitrogens with one attached hydrogen (secondary N) is 3. The molecule has 0 aromatic heterocycles. The highest BCUT2D eigenvalue weighted by Gasteiger charge is 2.34. The van der Waals surface area contributed by atoms with Crippen LogP contribution in [0.1, 0.15) is 60.3 Å². The molecule has 0 aliphatic rings. The van der Waals surface area contributed by atoms with E-state index in [0.717, 1.165) is 6.42 Å². The van der Waals surface area contributed by atoms with Gasteiger partial charge in [-0.1, -0.05) is 40.5 Å². The van der Waals surface area contributed by atoms with Crippen molar-refractivity contribution in [3.63, 3.8) is 0 Å². The SMILES string of the molecule is CCC(C)C(NC(=O)C(NC(=O)C(NC(=O)C(N)CCCCN)C(C)C)C(C)O)C(=O)O. The van der Waals surface area contributed by atoms with E-state index in [0.29, 0.717) is 25.8 Å². The summed E-state index contributed by atoms with van der Waals surface area (Å²) in [5.74, 6) is -3.91. The molecule has 0 bridgehead atoms. The zero-order valence-electron chi connectivity index (χ0n) is 19.8. The van der Waals surface area contributed by atoms with Crippen LogP contribution in [0.2, 0.25) is 0 Å². The molecule has 11 nitrogen and oxygen atoms in total. The van der Waals surface area contributed by atoms with Gasteiger partial charge >= 0.3 is 5.97 Å². The van der Waals surface area contributed by atoms with Gasteiger partial charge in [0.1, 0.15) is 18.1 Å². The molecule has 32 heavy (non-hydrogen) atoms. The summed E-state index contributed by atoms with van der Waals surface area (Å²) in [7, 11) is 0. The third-order valence-electron chi connectivity index (χ3n) is 5.39. The Kier molecular flexibility index (Phi) is 13.7. The first-order valence-corrected chi connectivity index (χ1v) is 11.1. The van der Waals surface area contributed by atoms with Crippen molar-refractivity contribution in [2.24, 2.45) is 23.3 Å². The number of carbonyl (C=O) groups is 4. The van der Waals surface area contributed by atoms with E-state index in [1.165, 1.54) is 6.92 Å². The summed E-state index contributed by atoms with van der Waals surface area (Å²) < 4.78 is 0. The van der Waals surface area contributed by atoms with Crippen molar-refractivity contribution in [3.05, 3.63) is 0 Å². The number of carboxylic acid groups (broad SMARTS) is 1. The van der Waals surface area contributed by atoms with Crippen LogP contribution in [0.5, 0.6) is 0 Å². The number of unbranched alkanes of at least 4 members (excludes halogenated alkanes) is 1. The monoisotopic (exact) mass is 459 g/mol. The lowest BCUT2D eigenvalue weighted by atomic mass is 9.98. The third kappa shape index (κ3) is 9.92. The van der Waals surface area contributed by atoms with Crippen molar-refractivity contribution in [2.75, 3.05) is 6.54 Å². The number of carboxylic acids is 1. The molecule has 186 valence electrons. The van der Waals surface area contributed by atoms with Crippen LogP contribution in [-0.2, 0) is 19.2 Å². The molecule has 11 heteroatoms. The molecule has 0 radical (unpaired) electrons. The summed E-state index contributed by atoms with van der Waals surface area (Å²) in [6.07, 6.45) is 1.03. The van der Waals surface area contributed by atoms with Gasteiger partial charge in [-0.3, -0.25) is 14.4 Å². The molecule has 0 fully saturated rings. The minimum absolute atomic E-state index is 0.334. The number of aliphatic carboxylic acids is 1. The van der Waals surface area contributed by atoms with Crippen molar-refractivity contribution >= 4 is 23.7 Å². The highest BCUT2D eigenvalue weighted by molar-refractivity contribution is 5.94. The zero-order chi connectivity index (χ0) is 25.0. The second-order valence-corrected chi connectivity index (χ2v) is 8.56. The number of nitrogens with two attached hydrogens (primary N) is 2. The Morgan fingerprint density at radius 3 is 1.78 bits per heavy atom. The van der Waals surface area contributed by atoms with E-state index in [2.05, 4.69) is 16.0 Å². The summed E-state index contributed by atoms with van der Waals surface area (Å²) in [6.45, 7) is 8.69. The molecule has 0 aromatic rings. The van der Waals surface area contributed by atoms with Crippen LogP contribution in [0.4, 0.5) is 0 Å². The van der Waals surface area contributed by atoms with Crippen molar-refractivity contribution in [1.82, 2.24) is 16.0 Å². The van der Waals surface area contributed by atoms with Crippen molar-refractivity contribution in [2.45, 2.75) is 90.6 Å². The summed E-state index contributed by atoms with van der Waals surface area (Å²) in [5, 5.41) is 26.8. The van der Waals surface area contributed by atoms with E-state index in [-0.39, 0.29) is 11.8 Å². The molecule has 0 saturated carbocycles. The Hall–Kier alpha value is -2.24. The van der Waals surface area contributed by atoms with E-state index < -0.39 is 54.0 Å². The Labute approximate surface area is 190 Å². The van der Waals surface area contributed by atoms with Crippen LogP contribution >= 0.6 is 0 Å². The maximum Gasteiger partial charge on any atom is 0.326 e. The highest BCUT2D eigenvalue weighted by atomic mass is 16.4. The van der Waals surface area contributed by atoms with Gasteiger partial charge in [0, 0.05) is 0 Å². The highest BCUT2D eigenvalue weighted by Crippen LogP contribution is 2.10. The largest absolute Gasteiger partial charge is 0.480 e. The summed E-state index contributed by atoms with van der Waals surface area (Å²) in [5.41, 5.74) is 11.3.